The van der Waals surface area contributed by atoms with E-state index < -0.39 is 0 Å². The van der Waals surface area contributed by atoms with Gasteiger partial charge in [0.25, 0.3) is 0 Å². The second-order valence-corrected chi connectivity index (χ2v) is 6.88. The van der Waals surface area contributed by atoms with Gasteiger partial charge in [-0.15, -0.1) is 0 Å². The van der Waals surface area contributed by atoms with Gasteiger partial charge in [-0.05, 0) is 42.9 Å². The fourth-order valence-corrected chi connectivity index (χ4v) is 4.33. The zero-order valence-electron chi connectivity index (χ0n) is 12.8. The summed E-state index contributed by atoms with van der Waals surface area (Å²) in [6.07, 6.45) is 15.5. The lowest BCUT2D eigenvalue weighted by Gasteiger charge is -2.28. The van der Waals surface area contributed by atoms with Crippen LogP contribution in [0.4, 0.5) is 0 Å². The summed E-state index contributed by atoms with van der Waals surface area (Å²) in [6.45, 7) is 7.29. The van der Waals surface area contributed by atoms with Crippen molar-refractivity contribution in [3.63, 3.8) is 0 Å². The second-order valence-electron chi connectivity index (χ2n) is 6.88. The normalized spacial score (nSPS) is 37.4. The van der Waals surface area contributed by atoms with Crippen LogP contribution in [-0.2, 0) is 0 Å². The maximum absolute atomic E-state index is 2.67. The molecule has 0 aromatic carbocycles. The van der Waals surface area contributed by atoms with Crippen LogP contribution in [0.2, 0.25) is 0 Å². The second kappa shape index (κ2) is 6.78. The molecule has 0 aromatic heterocycles. The van der Waals surface area contributed by atoms with E-state index in [1.807, 2.05) is 5.57 Å². The molecule has 2 saturated carbocycles. The van der Waals surface area contributed by atoms with Crippen molar-refractivity contribution in [1.29, 1.82) is 0 Å². The third-order valence-corrected chi connectivity index (χ3v) is 5.52. The van der Waals surface area contributed by atoms with Gasteiger partial charge in [-0.2, -0.15) is 0 Å². The molecule has 104 valence electrons. The first-order valence-corrected chi connectivity index (χ1v) is 8.44. The zero-order valence-corrected chi connectivity index (χ0v) is 12.8. The highest BCUT2D eigenvalue weighted by Crippen LogP contribution is 2.46. The fourth-order valence-electron chi connectivity index (χ4n) is 4.33. The van der Waals surface area contributed by atoms with Gasteiger partial charge in [-0.3, -0.25) is 0 Å². The molecule has 0 amide bonds. The third kappa shape index (κ3) is 3.19. The van der Waals surface area contributed by atoms with E-state index in [1.165, 1.54) is 57.8 Å². The van der Waals surface area contributed by atoms with Crippen LogP contribution in [0.1, 0.15) is 78.6 Å². The Kier molecular flexibility index (Phi) is 5.33. The van der Waals surface area contributed by atoms with Crippen LogP contribution in [0, 0.1) is 23.7 Å². The summed E-state index contributed by atoms with van der Waals surface area (Å²) < 4.78 is 0. The van der Waals surface area contributed by atoms with E-state index in [-0.39, 0.29) is 0 Å². The highest BCUT2D eigenvalue weighted by atomic mass is 14.4. The van der Waals surface area contributed by atoms with Gasteiger partial charge in [0.15, 0.2) is 0 Å². The molecule has 0 radical (unpaired) electrons. The standard InChI is InChI=1S/C18H32/c1-4-5-6-11-18(16-12-7-9-14(16)2)17-13-8-10-15(17)3/h11,14-17H,4-10,12-13H2,1-3H3/t14-,15-,16-,17+/m0/s1. The first-order chi connectivity index (χ1) is 8.74. The summed E-state index contributed by atoms with van der Waals surface area (Å²) >= 11 is 0. The van der Waals surface area contributed by atoms with E-state index >= 15 is 0 Å². The van der Waals surface area contributed by atoms with Crippen molar-refractivity contribution in [2.24, 2.45) is 23.7 Å². The van der Waals surface area contributed by atoms with E-state index in [9.17, 15) is 0 Å². The van der Waals surface area contributed by atoms with Crippen molar-refractivity contribution < 1.29 is 0 Å². The van der Waals surface area contributed by atoms with Crippen LogP contribution >= 0.6 is 0 Å². The smallest absolute Gasteiger partial charge is 0.0175 e. The van der Waals surface area contributed by atoms with E-state index in [0.29, 0.717) is 0 Å². The van der Waals surface area contributed by atoms with Crippen molar-refractivity contribution in [2.45, 2.75) is 78.6 Å². The Labute approximate surface area is 114 Å². The lowest BCUT2D eigenvalue weighted by Crippen LogP contribution is -2.18. The lowest BCUT2D eigenvalue weighted by atomic mass is 9.77. The number of rotatable bonds is 5. The molecule has 0 bridgehead atoms. The van der Waals surface area contributed by atoms with Crippen molar-refractivity contribution in [3.8, 4) is 0 Å². The molecule has 0 heteroatoms. The lowest BCUT2D eigenvalue weighted by molar-refractivity contribution is 0.380. The Morgan fingerprint density at radius 3 is 1.89 bits per heavy atom. The van der Waals surface area contributed by atoms with Crippen LogP contribution in [0.15, 0.2) is 11.6 Å². The van der Waals surface area contributed by atoms with E-state index in [1.54, 1.807) is 0 Å². The van der Waals surface area contributed by atoms with Gasteiger partial charge in [0, 0.05) is 0 Å². The SMILES string of the molecule is CCCCC=C([C@H]1CCC[C@@H]1C)[C@@H]1CCC[C@@H]1C. The molecule has 2 fully saturated rings. The predicted molar refractivity (Wildman–Crippen MR) is 80.6 cm³/mol. The summed E-state index contributed by atoms with van der Waals surface area (Å²) in [5.41, 5.74) is 1.89. The maximum Gasteiger partial charge on any atom is -0.0175 e. The van der Waals surface area contributed by atoms with E-state index in [4.69, 9.17) is 0 Å². The molecule has 0 aromatic rings. The van der Waals surface area contributed by atoms with Gasteiger partial charge in [-0.1, -0.05) is 70.9 Å². The predicted octanol–water partition coefficient (Wildman–Crippen LogP) is 5.98. The van der Waals surface area contributed by atoms with Gasteiger partial charge >= 0.3 is 0 Å². The highest BCUT2D eigenvalue weighted by Gasteiger charge is 2.34. The highest BCUT2D eigenvalue weighted by molar-refractivity contribution is 5.16. The summed E-state index contributed by atoms with van der Waals surface area (Å²) in [6, 6.07) is 0. The minimum absolute atomic E-state index is 0.937. The van der Waals surface area contributed by atoms with Crippen LogP contribution in [0.25, 0.3) is 0 Å². The first-order valence-electron chi connectivity index (χ1n) is 8.44. The average molecular weight is 248 g/mol. The van der Waals surface area contributed by atoms with Crippen molar-refractivity contribution in [1.82, 2.24) is 0 Å². The van der Waals surface area contributed by atoms with Crippen LogP contribution in [-0.4, -0.2) is 0 Å². The molecule has 0 N–H and O–H groups in total. The Morgan fingerprint density at radius 2 is 1.50 bits per heavy atom. The number of hydrogen-bond acceptors (Lipinski definition) is 0. The van der Waals surface area contributed by atoms with Gasteiger partial charge in [0.1, 0.15) is 0 Å². The largest absolute Gasteiger partial charge is 0.0848 e. The topological polar surface area (TPSA) is 0 Å². The molecule has 2 rings (SSSR count). The van der Waals surface area contributed by atoms with Gasteiger partial charge in [-0.25, -0.2) is 0 Å². The Morgan fingerprint density at radius 1 is 0.944 bits per heavy atom. The Bertz CT molecular complexity index is 254. The summed E-state index contributed by atoms with van der Waals surface area (Å²) in [5, 5.41) is 0. The molecule has 0 heterocycles. The molecule has 0 nitrogen and oxygen atoms in total. The van der Waals surface area contributed by atoms with Gasteiger partial charge in [0.05, 0.1) is 0 Å². The van der Waals surface area contributed by atoms with Gasteiger partial charge < -0.3 is 0 Å². The van der Waals surface area contributed by atoms with Crippen LogP contribution in [0.5, 0.6) is 0 Å². The Hall–Kier alpha value is -0.260. The number of unbranched alkanes of at least 4 members (excludes halogenated alkanes) is 2. The van der Waals surface area contributed by atoms with E-state index in [2.05, 4.69) is 26.8 Å². The van der Waals surface area contributed by atoms with Crippen molar-refractivity contribution in [3.05, 3.63) is 11.6 Å². The summed E-state index contributed by atoms with van der Waals surface area (Å²) in [5.74, 6) is 3.77. The third-order valence-electron chi connectivity index (χ3n) is 5.52. The maximum atomic E-state index is 2.67. The summed E-state index contributed by atoms with van der Waals surface area (Å²) in [7, 11) is 0. The quantitative estimate of drug-likeness (QED) is 0.415. The molecule has 2 aliphatic rings. The van der Waals surface area contributed by atoms with Crippen molar-refractivity contribution in [2.75, 3.05) is 0 Å². The zero-order chi connectivity index (χ0) is 13.0. The summed E-state index contributed by atoms with van der Waals surface area (Å²) in [4.78, 5) is 0. The molecule has 0 unspecified atom stereocenters. The Balaban J connectivity index is 2.09. The molecular weight excluding hydrogens is 216 g/mol. The number of allylic oxidation sites excluding steroid dienone is 2. The monoisotopic (exact) mass is 248 g/mol. The van der Waals surface area contributed by atoms with Crippen LogP contribution in [0.3, 0.4) is 0 Å². The minimum atomic E-state index is 0.937. The molecule has 0 saturated heterocycles. The molecule has 4 atom stereocenters. The molecule has 0 spiro atoms. The van der Waals surface area contributed by atoms with Gasteiger partial charge in [0.2, 0.25) is 0 Å². The molecule has 2 aliphatic carbocycles. The first kappa shape index (κ1) is 14.2. The van der Waals surface area contributed by atoms with Crippen molar-refractivity contribution >= 4 is 0 Å². The molecule has 0 aliphatic heterocycles. The van der Waals surface area contributed by atoms with Crippen LogP contribution < -0.4 is 0 Å². The minimum Gasteiger partial charge on any atom is -0.0848 e. The van der Waals surface area contributed by atoms with E-state index in [0.717, 1.165) is 23.7 Å². The fraction of sp³-hybridized carbons (Fsp3) is 0.889. The number of hydrogen-bond donors (Lipinski definition) is 0. The molecular formula is C18H32. The average Bonchev–Trinajstić information content (AvgIpc) is 2.95. The molecule has 18 heavy (non-hydrogen) atoms.